The monoisotopic (exact) mass is 366 g/mol. The van der Waals surface area contributed by atoms with Crippen molar-refractivity contribution in [2.45, 2.75) is 52.5 Å². The van der Waals surface area contributed by atoms with Gasteiger partial charge in [-0.05, 0) is 50.2 Å². The number of hydrogen-bond donors (Lipinski definition) is 0. The predicted molar refractivity (Wildman–Crippen MR) is 103 cm³/mol. The van der Waals surface area contributed by atoms with Gasteiger partial charge in [-0.1, -0.05) is 13.3 Å². The minimum atomic E-state index is -0.00224. The number of aromatic nitrogens is 6. The summed E-state index contributed by atoms with van der Waals surface area (Å²) >= 11 is 1.84. The summed E-state index contributed by atoms with van der Waals surface area (Å²) in [4.78, 5) is 12.2. The highest BCUT2D eigenvalue weighted by atomic mass is 32.1. The van der Waals surface area contributed by atoms with E-state index in [1.54, 1.807) is 6.33 Å². The Kier molecular flexibility index (Phi) is 3.60. The molecular weight excluding hydrogens is 344 g/mol. The predicted octanol–water partition coefficient (Wildman–Crippen LogP) is 3.97. The Bertz CT molecular complexity index is 1100. The van der Waals surface area contributed by atoms with E-state index in [-0.39, 0.29) is 6.04 Å². The van der Waals surface area contributed by atoms with Crippen LogP contribution in [-0.4, -0.2) is 29.4 Å². The van der Waals surface area contributed by atoms with E-state index in [2.05, 4.69) is 23.9 Å². The lowest BCUT2D eigenvalue weighted by atomic mass is 9.86. The third-order valence-corrected chi connectivity index (χ3v) is 6.75. The summed E-state index contributed by atoms with van der Waals surface area (Å²) in [6, 6.07) is -0.00224. The van der Waals surface area contributed by atoms with Crippen molar-refractivity contribution in [3.63, 3.8) is 0 Å². The van der Waals surface area contributed by atoms with Crippen molar-refractivity contribution in [3.8, 4) is 0 Å². The van der Waals surface area contributed by atoms with Crippen molar-refractivity contribution >= 4 is 27.2 Å². The molecule has 0 aromatic carbocycles. The zero-order valence-corrected chi connectivity index (χ0v) is 16.1. The number of thiophene rings is 1. The minimum Gasteiger partial charge on any atom is -0.262 e. The summed E-state index contributed by atoms with van der Waals surface area (Å²) in [5.74, 6) is 1.59. The van der Waals surface area contributed by atoms with Crippen LogP contribution in [0, 0.1) is 12.8 Å². The fourth-order valence-corrected chi connectivity index (χ4v) is 5.24. The third kappa shape index (κ3) is 2.37. The largest absolute Gasteiger partial charge is 0.262 e. The lowest BCUT2D eigenvalue weighted by Crippen LogP contribution is -2.11. The molecule has 0 N–H and O–H groups in total. The molecule has 0 bridgehead atoms. The van der Waals surface area contributed by atoms with Crippen LogP contribution in [0.15, 0.2) is 18.7 Å². The molecule has 1 aliphatic carbocycles. The van der Waals surface area contributed by atoms with E-state index >= 15 is 0 Å². The number of nitrogens with zero attached hydrogens (tertiary/aromatic N) is 6. The number of fused-ring (bicyclic) bond motifs is 5. The molecule has 4 aromatic heterocycles. The molecular formula is C19H22N6S. The Morgan fingerprint density at radius 1 is 1.38 bits per heavy atom. The molecule has 2 atom stereocenters. The van der Waals surface area contributed by atoms with E-state index in [9.17, 15) is 0 Å². The van der Waals surface area contributed by atoms with Gasteiger partial charge in [-0.3, -0.25) is 4.68 Å². The van der Waals surface area contributed by atoms with Gasteiger partial charge in [0, 0.05) is 11.1 Å². The fraction of sp³-hybridized carbons (Fsp3) is 0.474. The summed E-state index contributed by atoms with van der Waals surface area (Å²) in [6.45, 7) is 6.42. The van der Waals surface area contributed by atoms with Crippen LogP contribution in [0.25, 0.3) is 15.9 Å². The van der Waals surface area contributed by atoms with Gasteiger partial charge in [0.05, 0.1) is 11.6 Å². The normalized spacial score (nSPS) is 18.5. The van der Waals surface area contributed by atoms with Gasteiger partial charge in [-0.25, -0.2) is 14.5 Å². The molecule has 6 nitrogen and oxygen atoms in total. The maximum Gasteiger partial charge on any atom is 0.176 e. The van der Waals surface area contributed by atoms with Gasteiger partial charge in [-0.2, -0.15) is 5.10 Å². The molecule has 7 heteroatoms. The second-order valence-electron chi connectivity index (χ2n) is 7.36. The summed E-state index contributed by atoms with van der Waals surface area (Å²) in [6.07, 6.45) is 10.5. The van der Waals surface area contributed by atoms with Crippen LogP contribution in [0.3, 0.4) is 0 Å². The molecule has 0 amide bonds. The van der Waals surface area contributed by atoms with Crippen molar-refractivity contribution in [3.05, 3.63) is 40.5 Å². The summed E-state index contributed by atoms with van der Waals surface area (Å²) < 4.78 is 3.76. The Balaban J connectivity index is 1.64. The molecule has 5 rings (SSSR count). The van der Waals surface area contributed by atoms with Crippen LogP contribution >= 0.6 is 11.3 Å². The minimum absolute atomic E-state index is 0.00224. The first-order valence-electron chi connectivity index (χ1n) is 9.30. The first kappa shape index (κ1) is 15.9. The molecule has 4 aromatic rings. The Hall–Kier alpha value is -2.28. The maximum absolute atomic E-state index is 4.90. The highest BCUT2D eigenvalue weighted by molar-refractivity contribution is 7.19. The zero-order chi connectivity index (χ0) is 17.8. The van der Waals surface area contributed by atoms with Crippen molar-refractivity contribution in [1.82, 2.24) is 29.4 Å². The lowest BCUT2D eigenvalue weighted by Gasteiger charge is -2.20. The Morgan fingerprint density at radius 3 is 3.04 bits per heavy atom. The van der Waals surface area contributed by atoms with Gasteiger partial charge in [-0.15, -0.1) is 16.4 Å². The Labute approximate surface area is 155 Å². The van der Waals surface area contributed by atoms with Crippen LogP contribution in [0.4, 0.5) is 0 Å². The molecule has 1 aliphatic rings. The van der Waals surface area contributed by atoms with Crippen LogP contribution in [0.1, 0.15) is 54.6 Å². The number of rotatable bonds is 3. The summed E-state index contributed by atoms with van der Waals surface area (Å²) in [5, 5.41) is 10.3. The molecule has 0 aliphatic heterocycles. The molecule has 26 heavy (non-hydrogen) atoms. The van der Waals surface area contributed by atoms with E-state index in [0.717, 1.165) is 34.2 Å². The molecule has 0 saturated carbocycles. The van der Waals surface area contributed by atoms with Crippen LogP contribution in [-0.2, 0) is 12.8 Å². The van der Waals surface area contributed by atoms with Gasteiger partial charge in [0.25, 0.3) is 0 Å². The van der Waals surface area contributed by atoms with E-state index < -0.39 is 0 Å². The number of aryl methyl sites for hydroxylation is 2. The quantitative estimate of drug-likeness (QED) is 0.550. The van der Waals surface area contributed by atoms with E-state index in [1.807, 2.05) is 39.9 Å². The number of hydrogen-bond acceptors (Lipinski definition) is 5. The summed E-state index contributed by atoms with van der Waals surface area (Å²) in [5.41, 5.74) is 3.53. The van der Waals surface area contributed by atoms with E-state index in [1.165, 1.54) is 35.1 Å². The van der Waals surface area contributed by atoms with Gasteiger partial charge in [0.2, 0.25) is 0 Å². The van der Waals surface area contributed by atoms with Gasteiger partial charge < -0.3 is 0 Å². The molecule has 0 unspecified atom stereocenters. The first-order valence-corrected chi connectivity index (χ1v) is 10.1. The summed E-state index contributed by atoms with van der Waals surface area (Å²) in [7, 11) is 0. The average Bonchev–Trinajstić information content (AvgIpc) is 3.35. The first-order chi connectivity index (χ1) is 12.6. The van der Waals surface area contributed by atoms with Crippen molar-refractivity contribution in [2.75, 3.05) is 0 Å². The van der Waals surface area contributed by atoms with Crippen LogP contribution in [0.2, 0.25) is 0 Å². The molecule has 0 saturated heterocycles. The van der Waals surface area contributed by atoms with Gasteiger partial charge >= 0.3 is 0 Å². The second-order valence-corrected chi connectivity index (χ2v) is 8.44. The highest BCUT2D eigenvalue weighted by Crippen LogP contribution is 2.39. The molecule has 134 valence electrons. The van der Waals surface area contributed by atoms with E-state index in [4.69, 9.17) is 10.1 Å². The van der Waals surface area contributed by atoms with Crippen molar-refractivity contribution in [1.29, 1.82) is 0 Å². The zero-order valence-electron chi connectivity index (χ0n) is 15.3. The molecule has 4 heterocycles. The van der Waals surface area contributed by atoms with Crippen molar-refractivity contribution < 1.29 is 0 Å². The SMILES string of the molecule is CC[C@@H]1CCc2c(sc3ncn4nc([C@H](C)n5cc(C)cn5)nc4c23)C1. The molecule has 0 fully saturated rings. The third-order valence-electron chi connectivity index (χ3n) is 5.58. The Morgan fingerprint density at radius 2 is 2.27 bits per heavy atom. The van der Waals surface area contributed by atoms with Crippen molar-refractivity contribution in [2.24, 2.45) is 5.92 Å². The average molecular weight is 366 g/mol. The van der Waals surface area contributed by atoms with Gasteiger partial charge in [0.1, 0.15) is 17.2 Å². The van der Waals surface area contributed by atoms with Crippen LogP contribution < -0.4 is 0 Å². The topological polar surface area (TPSA) is 60.9 Å². The maximum atomic E-state index is 4.90. The standard InChI is InChI=1S/C19H22N6S/c1-4-13-5-6-14-15(7-13)26-19-16(14)18-22-17(23-25(18)10-20-19)12(3)24-9-11(2)8-21-24/h8-10,12-13H,4-7H2,1-3H3/t12-,13+/m0/s1. The molecule has 0 spiro atoms. The lowest BCUT2D eigenvalue weighted by molar-refractivity contribution is 0.451. The van der Waals surface area contributed by atoms with Gasteiger partial charge in [0.15, 0.2) is 11.5 Å². The fourth-order valence-electron chi connectivity index (χ4n) is 3.95. The highest BCUT2D eigenvalue weighted by Gasteiger charge is 2.25. The molecule has 0 radical (unpaired) electrons. The smallest absolute Gasteiger partial charge is 0.176 e. The van der Waals surface area contributed by atoms with Crippen LogP contribution in [0.5, 0.6) is 0 Å². The van der Waals surface area contributed by atoms with E-state index in [0.29, 0.717) is 0 Å². The second kappa shape index (κ2) is 5.87.